The molecule has 1 fully saturated rings. The van der Waals surface area contributed by atoms with Crippen molar-refractivity contribution < 1.29 is 19.5 Å². The van der Waals surface area contributed by atoms with Crippen molar-refractivity contribution in [2.45, 2.75) is 38.8 Å². The van der Waals surface area contributed by atoms with E-state index < -0.39 is 17.6 Å². The van der Waals surface area contributed by atoms with E-state index in [0.29, 0.717) is 18.1 Å². The molecule has 1 saturated heterocycles. The highest BCUT2D eigenvalue weighted by molar-refractivity contribution is 7.99. The lowest BCUT2D eigenvalue weighted by Crippen LogP contribution is -2.57. The van der Waals surface area contributed by atoms with Crippen molar-refractivity contribution >= 4 is 29.5 Å². The first-order valence-corrected chi connectivity index (χ1v) is 7.27. The molecule has 6 nitrogen and oxygen atoms in total. The highest BCUT2D eigenvalue weighted by Gasteiger charge is 2.42. The first-order valence-electron chi connectivity index (χ1n) is 6.11. The van der Waals surface area contributed by atoms with Crippen molar-refractivity contribution in [3.8, 4) is 0 Å². The van der Waals surface area contributed by atoms with Crippen molar-refractivity contribution in [1.29, 1.82) is 0 Å². The zero-order valence-electron chi connectivity index (χ0n) is 11.7. The second-order valence-corrected chi connectivity index (χ2v) is 5.99. The Morgan fingerprint density at radius 2 is 2.00 bits per heavy atom. The van der Waals surface area contributed by atoms with E-state index in [2.05, 4.69) is 0 Å². The van der Waals surface area contributed by atoms with Crippen LogP contribution in [0.1, 0.15) is 27.2 Å². The summed E-state index contributed by atoms with van der Waals surface area (Å²) in [7, 11) is 1.47. The van der Waals surface area contributed by atoms with Crippen LogP contribution >= 0.6 is 11.8 Å². The molecule has 1 atom stereocenters. The van der Waals surface area contributed by atoms with Gasteiger partial charge in [-0.15, -0.1) is 11.8 Å². The number of hydrogen-bond acceptors (Lipinski definition) is 4. The first kappa shape index (κ1) is 15.8. The molecule has 1 aliphatic heterocycles. The summed E-state index contributed by atoms with van der Waals surface area (Å²) in [5.41, 5.74) is -1.29. The van der Waals surface area contributed by atoms with Gasteiger partial charge >= 0.3 is 5.97 Å². The fourth-order valence-electron chi connectivity index (χ4n) is 1.74. The Hall–Kier alpha value is -1.24. The van der Waals surface area contributed by atoms with Crippen LogP contribution in [-0.4, -0.2) is 62.9 Å². The number of carboxylic acid groups (broad SMARTS) is 1. The summed E-state index contributed by atoms with van der Waals surface area (Å²) in [4.78, 5) is 38.1. The molecule has 0 aliphatic carbocycles. The first-order chi connectivity index (χ1) is 8.73. The van der Waals surface area contributed by atoms with E-state index in [1.807, 2.05) is 0 Å². The Kier molecular flexibility index (Phi) is 4.84. The Morgan fingerprint density at radius 1 is 1.42 bits per heavy atom. The second-order valence-electron chi connectivity index (χ2n) is 4.99. The van der Waals surface area contributed by atoms with Gasteiger partial charge in [0.25, 0.3) is 0 Å². The van der Waals surface area contributed by atoms with E-state index in [9.17, 15) is 14.4 Å². The molecule has 0 aromatic carbocycles. The lowest BCUT2D eigenvalue weighted by atomic mass is 10.0. The van der Waals surface area contributed by atoms with Gasteiger partial charge in [-0.1, -0.05) is 6.92 Å². The molecule has 0 saturated carbocycles. The number of hydrogen-bond donors (Lipinski definition) is 1. The third kappa shape index (κ3) is 3.02. The van der Waals surface area contributed by atoms with Gasteiger partial charge in [-0.2, -0.15) is 0 Å². The van der Waals surface area contributed by atoms with Crippen molar-refractivity contribution in [3.63, 3.8) is 0 Å². The number of rotatable bonds is 4. The van der Waals surface area contributed by atoms with E-state index in [-0.39, 0.29) is 11.8 Å². The van der Waals surface area contributed by atoms with E-state index in [4.69, 9.17) is 5.11 Å². The smallest absolute Gasteiger partial charge is 0.329 e. The van der Waals surface area contributed by atoms with Gasteiger partial charge in [0, 0.05) is 19.2 Å². The third-order valence-corrected chi connectivity index (χ3v) is 4.49. The number of amides is 2. The molecule has 7 heteroatoms. The normalized spacial score (nSPS) is 19.4. The van der Waals surface area contributed by atoms with Gasteiger partial charge < -0.3 is 14.9 Å². The molecule has 1 rings (SSSR count). The minimum atomic E-state index is -1.29. The third-order valence-electron chi connectivity index (χ3n) is 3.48. The highest BCUT2D eigenvalue weighted by Crippen LogP contribution is 2.25. The summed E-state index contributed by atoms with van der Waals surface area (Å²) in [6.45, 7) is 4.69. The average molecular weight is 288 g/mol. The summed E-state index contributed by atoms with van der Waals surface area (Å²) in [5, 5.41) is 9.14. The molecule has 19 heavy (non-hydrogen) atoms. The summed E-state index contributed by atoms with van der Waals surface area (Å²) in [6, 6.07) is -0.555. The minimum absolute atomic E-state index is 0.0788. The second kappa shape index (κ2) is 5.81. The van der Waals surface area contributed by atoms with Crippen LogP contribution in [0.3, 0.4) is 0 Å². The largest absolute Gasteiger partial charge is 0.480 e. The predicted molar refractivity (Wildman–Crippen MR) is 72.7 cm³/mol. The van der Waals surface area contributed by atoms with Gasteiger partial charge in [-0.05, 0) is 13.8 Å². The van der Waals surface area contributed by atoms with Crippen molar-refractivity contribution in [3.05, 3.63) is 0 Å². The predicted octanol–water partition coefficient (Wildman–Crippen LogP) is 0.619. The van der Waals surface area contributed by atoms with Crippen LogP contribution in [0.2, 0.25) is 0 Å². The van der Waals surface area contributed by atoms with Crippen LogP contribution in [-0.2, 0) is 14.4 Å². The van der Waals surface area contributed by atoms with Crippen molar-refractivity contribution in [2.75, 3.05) is 18.7 Å². The van der Waals surface area contributed by atoms with Gasteiger partial charge in [0.05, 0.1) is 5.88 Å². The summed E-state index contributed by atoms with van der Waals surface area (Å²) in [5.74, 6) is -0.457. The number of nitrogens with zero attached hydrogens (tertiary/aromatic N) is 2. The van der Waals surface area contributed by atoms with Gasteiger partial charge in [0.1, 0.15) is 11.6 Å². The van der Waals surface area contributed by atoms with Crippen molar-refractivity contribution in [1.82, 2.24) is 9.80 Å². The molecular weight excluding hydrogens is 268 g/mol. The molecule has 108 valence electrons. The van der Waals surface area contributed by atoms with Gasteiger partial charge in [0.15, 0.2) is 0 Å². The molecule has 2 amide bonds. The molecule has 0 radical (unpaired) electrons. The Balaban J connectivity index is 2.88. The van der Waals surface area contributed by atoms with E-state index >= 15 is 0 Å². The zero-order chi connectivity index (χ0) is 14.8. The maximum Gasteiger partial charge on any atom is 0.329 e. The lowest BCUT2D eigenvalue weighted by molar-refractivity contribution is -0.157. The fraction of sp³-hybridized carbons (Fsp3) is 0.750. The van der Waals surface area contributed by atoms with E-state index in [1.165, 1.54) is 42.5 Å². The minimum Gasteiger partial charge on any atom is -0.480 e. The number of carbonyl (C=O) groups excluding carboxylic acids is 2. The molecule has 0 spiro atoms. The SMILES string of the molecule is CCC(=O)N1CSCC1C(=O)N(C)C(C)(C)C(=O)O. The van der Waals surface area contributed by atoms with Gasteiger partial charge in [-0.3, -0.25) is 9.59 Å². The number of thioether (sulfide) groups is 1. The maximum atomic E-state index is 12.4. The van der Waals surface area contributed by atoms with Crippen LogP contribution in [0.25, 0.3) is 0 Å². The molecule has 0 bridgehead atoms. The monoisotopic (exact) mass is 288 g/mol. The van der Waals surface area contributed by atoms with E-state index in [1.54, 1.807) is 6.92 Å². The van der Waals surface area contributed by atoms with Crippen LogP contribution in [0.15, 0.2) is 0 Å². The van der Waals surface area contributed by atoms with Gasteiger partial charge in [-0.25, -0.2) is 4.79 Å². The standard InChI is InChI=1S/C12H20N2O4S/c1-5-9(15)14-7-19-6-8(14)10(16)13(4)12(2,3)11(17)18/h8H,5-7H2,1-4H3,(H,17,18). The van der Waals surface area contributed by atoms with E-state index in [0.717, 1.165) is 0 Å². The topological polar surface area (TPSA) is 77.9 Å². The molecule has 1 unspecified atom stereocenters. The summed E-state index contributed by atoms with van der Waals surface area (Å²) < 4.78 is 0. The van der Waals surface area contributed by atoms with Crippen molar-refractivity contribution in [2.24, 2.45) is 0 Å². The Bertz CT molecular complexity index is 397. The van der Waals surface area contributed by atoms with Crippen LogP contribution in [0, 0.1) is 0 Å². The maximum absolute atomic E-state index is 12.4. The van der Waals surface area contributed by atoms with Crippen LogP contribution in [0.4, 0.5) is 0 Å². The van der Waals surface area contributed by atoms with Crippen LogP contribution in [0.5, 0.6) is 0 Å². The number of carboxylic acids is 1. The molecule has 0 aromatic heterocycles. The Labute approximate surface area is 117 Å². The quantitative estimate of drug-likeness (QED) is 0.820. The van der Waals surface area contributed by atoms with Gasteiger partial charge in [0.2, 0.25) is 11.8 Å². The number of carbonyl (C=O) groups is 3. The van der Waals surface area contributed by atoms with Crippen LogP contribution < -0.4 is 0 Å². The lowest BCUT2D eigenvalue weighted by Gasteiger charge is -2.35. The summed E-state index contributed by atoms with van der Waals surface area (Å²) in [6.07, 6.45) is 0.344. The molecule has 1 heterocycles. The highest BCUT2D eigenvalue weighted by atomic mass is 32.2. The molecule has 1 aliphatic rings. The average Bonchev–Trinajstić information content (AvgIpc) is 2.84. The number of likely N-dealkylation sites (N-methyl/N-ethyl adjacent to an activating group) is 1. The summed E-state index contributed by atoms with van der Waals surface area (Å²) >= 11 is 1.51. The molecular formula is C12H20N2O4S. The molecule has 0 aromatic rings. The Morgan fingerprint density at radius 3 is 2.47 bits per heavy atom. The molecule has 1 N–H and O–H groups in total. The fourth-order valence-corrected chi connectivity index (χ4v) is 2.91. The zero-order valence-corrected chi connectivity index (χ0v) is 12.5. The number of aliphatic carboxylic acids is 1.